The number of rotatable bonds is 5. The quantitative estimate of drug-likeness (QED) is 0.730. The number of para-hydroxylation sites is 1. The summed E-state index contributed by atoms with van der Waals surface area (Å²) in [5.41, 5.74) is 14.0. The zero-order chi connectivity index (χ0) is 14.5. The fourth-order valence-electron chi connectivity index (χ4n) is 2.10. The van der Waals surface area contributed by atoms with Gasteiger partial charge in [0.05, 0.1) is 16.9 Å². The molecule has 0 saturated heterocycles. The number of carbonyl (C=O) groups excluding carboxylic acids is 1. The first-order chi connectivity index (χ1) is 9.59. The Morgan fingerprint density at radius 2 is 1.85 bits per heavy atom. The van der Waals surface area contributed by atoms with E-state index in [1.807, 2.05) is 24.3 Å². The Labute approximate surface area is 118 Å². The van der Waals surface area contributed by atoms with E-state index in [0.717, 1.165) is 12.2 Å². The van der Waals surface area contributed by atoms with E-state index in [1.165, 1.54) is 5.56 Å². The van der Waals surface area contributed by atoms with Crippen LogP contribution in [0.15, 0.2) is 48.5 Å². The molecule has 2 aromatic carbocycles. The van der Waals surface area contributed by atoms with Crippen molar-refractivity contribution >= 4 is 17.3 Å². The van der Waals surface area contributed by atoms with E-state index in [4.69, 9.17) is 11.5 Å². The molecule has 0 aliphatic carbocycles. The van der Waals surface area contributed by atoms with Gasteiger partial charge in [0.15, 0.2) is 0 Å². The first kappa shape index (κ1) is 13.9. The summed E-state index contributed by atoms with van der Waals surface area (Å²) in [6, 6.07) is 15.5. The topological polar surface area (TPSA) is 81.1 Å². The van der Waals surface area contributed by atoms with Gasteiger partial charge >= 0.3 is 0 Å². The first-order valence-corrected chi connectivity index (χ1v) is 6.56. The molecule has 1 unspecified atom stereocenters. The molecule has 0 aliphatic heterocycles. The van der Waals surface area contributed by atoms with Gasteiger partial charge in [-0.2, -0.15) is 0 Å². The molecule has 0 spiro atoms. The van der Waals surface area contributed by atoms with Gasteiger partial charge in [0, 0.05) is 6.54 Å². The maximum Gasteiger partial charge on any atom is 0.250 e. The molecule has 4 nitrogen and oxygen atoms in total. The number of hydrogen-bond acceptors (Lipinski definition) is 3. The van der Waals surface area contributed by atoms with Crippen molar-refractivity contribution in [2.75, 3.05) is 17.6 Å². The summed E-state index contributed by atoms with van der Waals surface area (Å²) in [5.74, 6) is -0.171. The number of anilines is 2. The van der Waals surface area contributed by atoms with Crippen LogP contribution in [0.2, 0.25) is 0 Å². The fourth-order valence-corrected chi connectivity index (χ4v) is 2.10. The third kappa shape index (κ3) is 3.09. The second-order valence-electron chi connectivity index (χ2n) is 4.82. The Hall–Kier alpha value is -2.49. The van der Waals surface area contributed by atoms with Gasteiger partial charge in [0.25, 0.3) is 5.91 Å². The van der Waals surface area contributed by atoms with E-state index in [0.29, 0.717) is 17.2 Å². The van der Waals surface area contributed by atoms with Crippen molar-refractivity contribution in [2.24, 2.45) is 5.73 Å². The second-order valence-corrected chi connectivity index (χ2v) is 4.82. The molecule has 2 aromatic rings. The summed E-state index contributed by atoms with van der Waals surface area (Å²) in [4.78, 5) is 11.2. The Morgan fingerprint density at radius 1 is 1.15 bits per heavy atom. The van der Waals surface area contributed by atoms with Crippen molar-refractivity contribution in [2.45, 2.75) is 12.8 Å². The molecule has 0 aliphatic rings. The van der Waals surface area contributed by atoms with E-state index >= 15 is 0 Å². The van der Waals surface area contributed by atoms with Crippen molar-refractivity contribution in [3.8, 4) is 0 Å². The number of nitrogens with one attached hydrogen (secondary N) is 1. The van der Waals surface area contributed by atoms with Gasteiger partial charge in [-0.25, -0.2) is 0 Å². The zero-order valence-corrected chi connectivity index (χ0v) is 11.5. The predicted octanol–water partition coefficient (Wildman–Crippen LogP) is 2.58. The van der Waals surface area contributed by atoms with Crippen molar-refractivity contribution in [3.63, 3.8) is 0 Å². The van der Waals surface area contributed by atoms with Gasteiger partial charge in [0.2, 0.25) is 0 Å². The van der Waals surface area contributed by atoms with Gasteiger partial charge in [-0.3, -0.25) is 4.79 Å². The lowest BCUT2D eigenvalue weighted by atomic mass is 10.0. The average Bonchev–Trinajstić information content (AvgIpc) is 2.46. The number of primary amides is 1. The SMILES string of the molecule is CC(CNc1cccc(C(N)=O)c1N)c1ccccc1. The molecular formula is C16H19N3O. The highest BCUT2D eigenvalue weighted by Crippen LogP contribution is 2.24. The van der Waals surface area contributed by atoms with Crippen LogP contribution in [0.1, 0.15) is 28.8 Å². The number of nitrogens with two attached hydrogens (primary N) is 2. The van der Waals surface area contributed by atoms with E-state index in [1.54, 1.807) is 12.1 Å². The Balaban J connectivity index is 2.08. The third-order valence-corrected chi connectivity index (χ3v) is 3.34. The van der Waals surface area contributed by atoms with Crippen LogP contribution in [-0.4, -0.2) is 12.5 Å². The minimum atomic E-state index is -0.512. The van der Waals surface area contributed by atoms with Crippen LogP contribution in [0.5, 0.6) is 0 Å². The van der Waals surface area contributed by atoms with Gasteiger partial charge < -0.3 is 16.8 Å². The van der Waals surface area contributed by atoms with E-state index in [9.17, 15) is 4.79 Å². The summed E-state index contributed by atoms with van der Waals surface area (Å²) >= 11 is 0. The molecule has 0 bridgehead atoms. The van der Waals surface area contributed by atoms with Gasteiger partial charge in [0.1, 0.15) is 0 Å². The lowest BCUT2D eigenvalue weighted by Crippen LogP contribution is -2.16. The van der Waals surface area contributed by atoms with Crippen molar-refractivity contribution in [1.29, 1.82) is 0 Å². The Kier molecular flexibility index (Phi) is 4.25. The second kappa shape index (κ2) is 6.10. The van der Waals surface area contributed by atoms with Crippen LogP contribution < -0.4 is 16.8 Å². The maximum absolute atomic E-state index is 11.2. The highest BCUT2D eigenvalue weighted by molar-refractivity contribution is 6.00. The summed E-state index contributed by atoms with van der Waals surface area (Å²) < 4.78 is 0. The molecule has 0 saturated carbocycles. The van der Waals surface area contributed by atoms with Gasteiger partial charge in [-0.1, -0.05) is 43.3 Å². The molecule has 0 aromatic heterocycles. The molecule has 0 radical (unpaired) electrons. The summed E-state index contributed by atoms with van der Waals surface area (Å²) in [6.45, 7) is 2.87. The standard InChI is InChI=1S/C16H19N3O/c1-11(12-6-3-2-4-7-12)10-19-14-9-5-8-13(15(14)17)16(18)20/h2-9,11,19H,10,17H2,1H3,(H2,18,20). The van der Waals surface area contributed by atoms with Crippen LogP contribution in [0.25, 0.3) is 0 Å². The van der Waals surface area contributed by atoms with Crippen molar-refractivity contribution in [3.05, 3.63) is 59.7 Å². The van der Waals surface area contributed by atoms with Crippen LogP contribution >= 0.6 is 0 Å². The van der Waals surface area contributed by atoms with Gasteiger partial charge in [-0.15, -0.1) is 0 Å². The number of benzene rings is 2. The number of amides is 1. The van der Waals surface area contributed by atoms with Crippen LogP contribution in [-0.2, 0) is 0 Å². The van der Waals surface area contributed by atoms with E-state index in [2.05, 4.69) is 24.4 Å². The smallest absolute Gasteiger partial charge is 0.250 e. The Morgan fingerprint density at radius 3 is 2.50 bits per heavy atom. The molecule has 4 heteroatoms. The number of carbonyl (C=O) groups is 1. The molecule has 1 atom stereocenters. The zero-order valence-electron chi connectivity index (χ0n) is 11.5. The largest absolute Gasteiger partial charge is 0.396 e. The predicted molar refractivity (Wildman–Crippen MR) is 82.7 cm³/mol. The minimum absolute atomic E-state index is 0.341. The van der Waals surface area contributed by atoms with Gasteiger partial charge in [-0.05, 0) is 23.6 Å². The number of hydrogen-bond donors (Lipinski definition) is 3. The molecule has 1 amide bonds. The normalized spacial score (nSPS) is 11.8. The molecular weight excluding hydrogens is 250 g/mol. The highest BCUT2D eigenvalue weighted by Gasteiger charge is 2.10. The number of nitrogen functional groups attached to an aromatic ring is 1. The minimum Gasteiger partial charge on any atom is -0.396 e. The summed E-state index contributed by atoms with van der Waals surface area (Å²) in [7, 11) is 0. The fraction of sp³-hybridized carbons (Fsp3) is 0.188. The molecule has 2 rings (SSSR count). The summed E-state index contributed by atoms with van der Waals surface area (Å²) in [5, 5.41) is 3.27. The average molecular weight is 269 g/mol. The van der Waals surface area contributed by atoms with Crippen LogP contribution in [0.3, 0.4) is 0 Å². The van der Waals surface area contributed by atoms with Crippen LogP contribution in [0.4, 0.5) is 11.4 Å². The van der Waals surface area contributed by atoms with Crippen molar-refractivity contribution in [1.82, 2.24) is 0 Å². The van der Waals surface area contributed by atoms with Crippen molar-refractivity contribution < 1.29 is 4.79 Å². The van der Waals surface area contributed by atoms with E-state index < -0.39 is 5.91 Å². The Bertz CT molecular complexity index is 596. The lowest BCUT2D eigenvalue weighted by Gasteiger charge is -2.16. The summed E-state index contributed by atoms with van der Waals surface area (Å²) in [6.07, 6.45) is 0. The van der Waals surface area contributed by atoms with Crippen LogP contribution in [0, 0.1) is 0 Å². The molecule has 5 N–H and O–H groups in total. The maximum atomic E-state index is 11.2. The molecule has 104 valence electrons. The van der Waals surface area contributed by atoms with E-state index in [-0.39, 0.29) is 0 Å². The highest BCUT2D eigenvalue weighted by atomic mass is 16.1. The monoisotopic (exact) mass is 269 g/mol. The third-order valence-electron chi connectivity index (χ3n) is 3.34. The molecule has 0 heterocycles. The molecule has 20 heavy (non-hydrogen) atoms. The molecule has 0 fully saturated rings. The first-order valence-electron chi connectivity index (χ1n) is 6.56. The lowest BCUT2D eigenvalue weighted by molar-refractivity contribution is 0.100.